The van der Waals surface area contributed by atoms with E-state index < -0.39 is 0 Å². The Morgan fingerprint density at radius 2 is 1.36 bits per heavy atom. The van der Waals surface area contributed by atoms with E-state index in [1.54, 1.807) is 0 Å². The van der Waals surface area contributed by atoms with E-state index in [0.29, 0.717) is 0 Å². The van der Waals surface area contributed by atoms with Crippen LogP contribution < -0.4 is 9.47 Å². The van der Waals surface area contributed by atoms with E-state index in [9.17, 15) is 0 Å². The normalized spacial score (nSPS) is 13.3. The van der Waals surface area contributed by atoms with E-state index >= 15 is 0 Å². The van der Waals surface area contributed by atoms with Crippen LogP contribution in [0.4, 0.5) is 0 Å². The van der Waals surface area contributed by atoms with Gasteiger partial charge in [0.2, 0.25) is 0 Å². The first-order chi connectivity index (χ1) is 10.8. The Labute approximate surface area is 132 Å². The van der Waals surface area contributed by atoms with Crippen LogP contribution in [0.25, 0.3) is 11.1 Å². The Morgan fingerprint density at radius 1 is 0.682 bits per heavy atom. The molecule has 3 aromatic rings. The van der Waals surface area contributed by atoms with Crippen molar-refractivity contribution in [1.82, 2.24) is 0 Å². The number of hydrogen-bond donors (Lipinski definition) is 0. The molecule has 5 rings (SSSR count). The van der Waals surface area contributed by atoms with Gasteiger partial charge in [0.1, 0.15) is 0 Å². The molecule has 0 N–H and O–H groups in total. The zero-order chi connectivity index (χ0) is 14.7. The number of rotatable bonds is 0. The van der Waals surface area contributed by atoms with Gasteiger partial charge in [-0.15, -0.1) is 0 Å². The maximum absolute atomic E-state index is 6.10. The Kier molecular flexibility index (Phi) is 2.36. The molecule has 1 aliphatic heterocycles. The molecule has 2 aliphatic rings. The minimum atomic E-state index is 0.754. The molecule has 22 heavy (non-hydrogen) atoms. The molecular weight excluding hydrogens is 296 g/mol. The first-order valence-corrected chi connectivity index (χ1v) is 7.56. The second-order valence-corrected chi connectivity index (χ2v) is 6.02. The summed E-state index contributed by atoms with van der Waals surface area (Å²) in [4.78, 5) is 0. The zero-order valence-electron chi connectivity index (χ0n) is 11.6. The molecule has 0 radical (unpaired) electrons. The Balaban J connectivity index is 1.66. The Hall–Kier alpha value is -2.45. The highest BCUT2D eigenvalue weighted by molar-refractivity contribution is 6.30. The maximum Gasteiger partial charge on any atom is 0.170 e. The third kappa shape index (κ3) is 1.68. The van der Waals surface area contributed by atoms with E-state index in [4.69, 9.17) is 21.1 Å². The summed E-state index contributed by atoms with van der Waals surface area (Å²) in [6.45, 7) is 0. The van der Waals surface area contributed by atoms with Crippen molar-refractivity contribution < 1.29 is 9.47 Å². The van der Waals surface area contributed by atoms with E-state index in [2.05, 4.69) is 18.2 Å². The third-order valence-corrected chi connectivity index (χ3v) is 4.43. The lowest BCUT2D eigenvalue weighted by Crippen LogP contribution is -1.99. The average molecular weight is 307 g/mol. The number of ether oxygens (including phenoxy) is 2. The van der Waals surface area contributed by atoms with Crippen LogP contribution in [-0.2, 0) is 6.42 Å². The molecule has 2 nitrogen and oxygen atoms in total. The van der Waals surface area contributed by atoms with Gasteiger partial charge >= 0.3 is 0 Å². The molecule has 1 aliphatic carbocycles. The molecule has 3 aromatic carbocycles. The molecular formula is C19H11ClO2. The molecule has 0 fully saturated rings. The van der Waals surface area contributed by atoms with E-state index in [-0.39, 0.29) is 0 Å². The average Bonchev–Trinajstić information content (AvgIpc) is 2.86. The predicted octanol–water partition coefficient (Wildman–Crippen LogP) is 5.81. The number of hydrogen-bond acceptors (Lipinski definition) is 2. The first kappa shape index (κ1) is 12.1. The van der Waals surface area contributed by atoms with Crippen LogP contribution in [0.5, 0.6) is 23.0 Å². The molecule has 0 saturated heterocycles. The molecule has 0 aromatic heterocycles. The van der Waals surface area contributed by atoms with Crippen LogP contribution in [0, 0.1) is 0 Å². The highest BCUT2D eigenvalue weighted by Crippen LogP contribution is 2.49. The van der Waals surface area contributed by atoms with Gasteiger partial charge < -0.3 is 9.47 Å². The maximum atomic E-state index is 6.10. The minimum absolute atomic E-state index is 0.754. The fourth-order valence-corrected chi connectivity index (χ4v) is 3.39. The van der Waals surface area contributed by atoms with Gasteiger partial charge in [0, 0.05) is 5.02 Å². The van der Waals surface area contributed by atoms with Crippen LogP contribution in [0.2, 0.25) is 5.02 Å². The number of benzene rings is 3. The van der Waals surface area contributed by atoms with Crippen molar-refractivity contribution >= 4 is 11.6 Å². The van der Waals surface area contributed by atoms with Gasteiger partial charge in [-0.3, -0.25) is 0 Å². The fraction of sp³-hybridized carbons (Fsp3) is 0.0526. The summed E-state index contributed by atoms with van der Waals surface area (Å²) in [6.07, 6.45) is 0.878. The molecule has 106 valence electrons. The second-order valence-electron chi connectivity index (χ2n) is 5.59. The SMILES string of the molecule is Clc1ccc2c(c1)Cc1cc3c(cc1-2)Oc1ccccc1O3. The van der Waals surface area contributed by atoms with Gasteiger partial charge in [-0.2, -0.15) is 0 Å². The lowest BCUT2D eigenvalue weighted by molar-refractivity contribution is 0.359. The molecule has 3 heteroatoms. The summed E-state index contributed by atoms with van der Waals surface area (Å²) in [5, 5.41) is 0.774. The topological polar surface area (TPSA) is 18.5 Å². The minimum Gasteiger partial charge on any atom is -0.450 e. The van der Waals surface area contributed by atoms with Crippen molar-refractivity contribution in [2.24, 2.45) is 0 Å². The Morgan fingerprint density at radius 3 is 2.14 bits per heavy atom. The van der Waals surface area contributed by atoms with Gasteiger partial charge in [0.15, 0.2) is 23.0 Å². The quantitative estimate of drug-likeness (QED) is 0.359. The van der Waals surface area contributed by atoms with Crippen molar-refractivity contribution in [3.63, 3.8) is 0 Å². The zero-order valence-corrected chi connectivity index (χ0v) is 12.4. The molecule has 0 atom stereocenters. The lowest BCUT2D eigenvalue weighted by atomic mass is 10.0. The van der Waals surface area contributed by atoms with Crippen molar-refractivity contribution in [3.05, 3.63) is 70.7 Å². The summed E-state index contributed by atoms with van der Waals surface area (Å²) in [5.74, 6) is 3.05. The highest BCUT2D eigenvalue weighted by atomic mass is 35.5. The van der Waals surface area contributed by atoms with Crippen LogP contribution in [0.15, 0.2) is 54.6 Å². The van der Waals surface area contributed by atoms with Gasteiger partial charge in [-0.25, -0.2) is 0 Å². The number of fused-ring (bicyclic) bond motifs is 5. The molecule has 0 saturated carbocycles. The van der Waals surface area contributed by atoms with E-state index in [0.717, 1.165) is 34.4 Å². The monoisotopic (exact) mass is 306 g/mol. The second kappa shape index (κ2) is 4.28. The van der Waals surface area contributed by atoms with E-state index in [1.807, 2.05) is 36.4 Å². The van der Waals surface area contributed by atoms with Gasteiger partial charge in [-0.1, -0.05) is 29.8 Å². The summed E-state index contributed by atoms with van der Waals surface area (Å²) in [7, 11) is 0. The smallest absolute Gasteiger partial charge is 0.170 e. The standard InChI is InChI=1S/C19H11ClO2/c20-13-5-6-14-11(8-13)7-12-9-18-19(10-15(12)14)22-17-4-2-1-3-16(17)21-18/h1-6,8-10H,7H2. The van der Waals surface area contributed by atoms with Crippen molar-refractivity contribution in [3.8, 4) is 34.1 Å². The number of para-hydroxylation sites is 2. The van der Waals surface area contributed by atoms with Crippen molar-refractivity contribution in [1.29, 1.82) is 0 Å². The fourth-order valence-electron chi connectivity index (χ4n) is 3.19. The lowest BCUT2D eigenvalue weighted by Gasteiger charge is -2.21. The van der Waals surface area contributed by atoms with Crippen LogP contribution in [0.3, 0.4) is 0 Å². The van der Waals surface area contributed by atoms with Gasteiger partial charge in [-0.05, 0) is 65.1 Å². The molecule has 1 heterocycles. The number of halogens is 1. The molecule has 0 amide bonds. The highest BCUT2D eigenvalue weighted by Gasteiger charge is 2.25. The van der Waals surface area contributed by atoms with Gasteiger partial charge in [0.05, 0.1) is 0 Å². The summed E-state index contributed by atoms with van der Waals surface area (Å²) in [6, 6.07) is 17.9. The Bertz CT molecular complexity index is 931. The van der Waals surface area contributed by atoms with Crippen LogP contribution in [-0.4, -0.2) is 0 Å². The van der Waals surface area contributed by atoms with Crippen LogP contribution in [0.1, 0.15) is 11.1 Å². The summed E-state index contributed by atoms with van der Waals surface area (Å²) < 4.78 is 12.0. The van der Waals surface area contributed by atoms with E-state index in [1.165, 1.54) is 22.3 Å². The van der Waals surface area contributed by atoms with Gasteiger partial charge in [0.25, 0.3) is 0 Å². The van der Waals surface area contributed by atoms with Crippen molar-refractivity contribution in [2.45, 2.75) is 6.42 Å². The van der Waals surface area contributed by atoms with Crippen LogP contribution >= 0.6 is 11.6 Å². The first-order valence-electron chi connectivity index (χ1n) is 7.18. The predicted molar refractivity (Wildman–Crippen MR) is 86.3 cm³/mol. The molecule has 0 bridgehead atoms. The largest absolute Gasteiger partial charge is 0.450 e. The molecule has 0 spiro atoms. The summed E-state index contributed by atoms with van der Waals surface area (Å²) >= 11 is 6.10. The molecule has 0 unspecified atom stereocenters. The third-order valence-electron chi connectivity index (χ3n) is 4.20. The summed E-state index contributed by atoms with van der Waals surface area (Å²) in [5.41, 5.74) is 4.93. The van der Waals surface area contributed by atoms with Crippen molar-refractivity contribution in [2.75, 3.05) is 0 Å².